The summed E-state index contributed by atoms with van der Waals surface area (Å²) in [7, 11) is 0. The molecule has 0 saturated carbocycles. The van der Waals surface area contributed by atoms with Gasteiger partial charge in [0, 0.05) is 5.56 Å². The van der Waals surface area contributed by atoms with Crippen molar-refractivity contribution in [2.45, 2.75) is 39.0 Å². The fraction of sp³-hybridized carbons (Fsp3) is 0.375. The largest absolute Gasteiger partial charge is 0.475 e. The van der Waals surface area contributed by atoms with Crippen molar-refractivity contribution in [1.29, 1.82) is 0 Å². The van der Waals surface area contributed by atoms with Crippen LogP contribution >= 0.6 is 0 Å². The maximum absolute atomic E-state index is 11.2. The zero-order valence-electron chi connectivity index (χ0n) is 11.5. The van der Waals surface area contributed by atoms with E-state index in [1.54, 1.807) is 0 Å². The van der Waals surface area contributed by atoms with Crippen LogP contribution in [0.3, 0.4) is 0 Å². The third-order valence-electron chi connectivity index (χ3n) is 3.72. The Morgan fingerprint density at radius 2 is 2.15 bits per heavy atom. The number of hydrogen-bond acceptors (Lipinski definition) is 3. The number of aromatic carboxylic acids is 1. The van der Waals surface area contributed by atoms with Gasteiger partial charge < -0.3 is 9.52 Å². The molecule has 0 bridgehead atoms. The lowest BCUT2D eigenvalue weighted by Crippen LogP contribution is -1.99. The van der Waals surface area contributed by atoms with Crippen LogP contribution in [0.25, 0.3) is 11.5 Å². The summed E-state index contributed by atoms with van der Waals surface area (Å²) in [6.45, 7) is 2.00. The molecule has 1 aromatic heterocycles. The van der Waals surface area contributed by atoms with Crippen LogP contribution in [-0.2, 0) is 19.3 Å². The zero-order chi connectivity index (χ0) is 14.1. The topological polar surface area (TPSA) is 63.3 Å². The van der Waals surface area contributed by atoms with E-state index < -0.39 is 5.97 Å². The molecular formula is C16H17NO3. The number of oxazole rings is 1. The van der Waals surface area contributed by atoms with E-state index in [-0.39, 0.29) is 5.76 Å². The number of aryl methyl sites for hydroxylation is 3. The lowest BCUT2D eigenvalue weighted by atomic mass is 10.1. The maximum Gasteiger partial charge on any atom is 0.373 e. The fourth-order valence-corrected chi connectivity index (χ4v) is 2.75. The second-order valence-corrected chi connectivity index (χ2v) is 5.19. The monoisotopic (exact) mass is 271 g/mol. The molecule has 1 heterocycles. The number of carboxylic acids is 1. The van der Waals surface area contributed by atoms with Crippen LogP contribution in [0, 0.1) is 0 Å². The molecule has 20 heavy (non-hydrogen) atoms. The third-order valence-corrected chi connectivity index (χ3v) is 3.72. The van der Waals surface area contributed by atoms with Crippen molar-refractivity contribution in [3.05, 3.63) is 40.8 Å². The van der Waals surface area contributed by atoms with E-state index in [4.69, 9.17) is 4.42 Å². The maximum atomic E-state index is 11.2. The van der Waals surface area contributed by atoms with Crippen LogP contribution in [-0.4, -0.2) is 16.1 Å². The van der Waals surface area contributed by atoms with E-state index in [9.17, 15) is 9.90 Å². The summed E-state index contributed by atoms with van der Waals surface area (Å²) in [5, 5.41) is 9.17. The molecule has 104 valence electrons. The molecule has 1 aliphatic carbocycles. The Balaban J connectivity index is 2.01. The molecule has 0 saturated heterocycles. The van der Waals surface area contributed by atoms with Crippen molar-refractivity contribution in [1.82, 2.24) is 4.98 Å². The molecule has 3 rings (SSSR count). The third kappa shape index (κ3) is 2.22. The van der Waals surface area contributed by atoms with Gasteiger partial charge in [0.25, 0.3) is 0 Å². The molecule has 0 amide bonds. The van der Waals surface area contributed by atoms with Crippen molar-refractivity contribution < 1.29 is 14.3 Å². The molecule has 0 unspecified atom stereocenters. The van der Waals surface area contributed by atoms with E-state index in [1.807, 2.05) is 13.0 Å². The van der Waals surface area contributed by atoms with E-state index >= 15 is 0 Å². The van der Waals surface area contributed by atoms with Gasteiger partial charge in [0.15, 0.2) is 0 Å². The molecule has 4 nitrogen and oxygen atoms in total. The van der Waals surface area contributed by atoms with Crippen LogP contribution in [0.1, 0.15) is 47.1 Å². The van der Waals surface area contributed by atoms with Gasteiger partial charge >= 0.3 is 5.97 Å². The van der Waals surface area contributed by atoms with Gasteiger partial charge in [-0.3, -0.25) is 0 Å². The summed E-state index contributed by atoms with van der Waals surface area (Å²) in [4.78, 5) is 15.6. The fourth-order valence-electron chi connectivity index (χ4n) is 2.75. The van der Waals surface area contributed by atoms with Gasteiger partial charge in [-0.1, -0.05) is 19.4 Å². The normalized spacial score (nSPS) is 13.4. The van der Waals surface area contributed by atoms with Gasteiger partial charge in [0.1, 0.15) is 0 Å². The summed E-state index contributed by atoms with van der Waals surface area (Å²) in [5.41, 5.74) is 4.12. The number of nitrogens with zero attached hydrogens (tertiary/aromatic N) is 1. The van der Waals surface area contributed by atoms with Crippen molar-refractivity contribution in [3.63, 3.8) is 0 Å². The molecular weight excluding hydrogens is 254 g/mol. The minimum absolute atomic E-state index is 0.0256. The van der Waals surface area contributed by atoms with Gasteiger partial charge in [-0.15, -0.1) is 0 Å². The predicted molar refractivity (Wildman–Crippen MR) is 74.9 cm³/mol. The minimum atomic E-state index is -1.05. The summed E-state index contributed by atoms with van der Waals surface area (Å²) in [6, 6.07) is 6.15. The quantitative estimate of drug-likeness (QED) is 0.924. The average Bonchev–Trinajstić information content (AvgIpc) is 3.04. The van der Waals surface area contributed by atoms with Gasteiger partial charge in [0.05, 0.1) is 5.69 Å². The first-order chi connectivity index (χ1) is 9.69. The van der Waals surface area contributed by atoms with E-state index in [0.29, 0.717) is 18.0 Å². The second-order valence-electron chi connectivity index (χ2n) is 5.19. The molecule has 1 aromatic carbocycles. The van der Waals surface area contributed by atoms with Crippen molar-refractivity contribution in [2.24, 2.45) is 0 Å². The Morgan fingerprint density at radius 1 is 1.35 bits per heavy atom. The molecule has 0 fully saturated rings. The van der Waals surface area contributed by atoms with Crippen LogP contribution < -0.4 is 0 Å². The Bertz CT molecular complexity index is 658. The SMILES string of the molecule is CCCc1nc(-c2ccc3c(c2)CCC3)oc1C(=O)O. The number of rotatable bonds is 4. The van der Waals surface area contributed by atoms with Crippen molar-refractivity contribution in [3.8, 4) is 11.5 Å². The Morgan fingerprint density at radius 3 is 2.90 bits per heavy atom. The number of carbonyl (C=O) groups is 1. The van der Waals surface area contributed by atoms with Gasteiger partial charge in [-0.2, -0.15) is 0 Å². The van der Waals surface area contributed by atoms with Crippen molar-refractivity contribution in [2.75, 3.05) is 0 Å². The molecule has 0 aliphatic heterocycles. The first-order valence-electron chi connectivity index (χ1n) is 7.04. The van der Waals surface area contributed by atoms with Crippen LogP contribution in [0.4, 0.5) is 0 Å². The molecule has 0 spiro atoms. The minimum Gasteiger partial charge on any atom is -0.475 e. The van der Waals surface area contributed by atoms with Gasteiger partial charge in [-0.25, -0.2) is 9.78 Å². The predicted octanol–water partition coefficient (Wildman–Crippen LogP) is 3.48. The smallest absolute Gasteiger partial charge is 0.373 e. The first-order valence-corrected chi connectivity index (χ1v) is 7.04. The van der Waals surface area contributed by atoms with E-state index in [2.05, 4.69) is 17.1 Å². The number of carboxylic acid groups (broad SMARTS) is 1. The summed E-state index contributed by atoms with van der Waals surface area (Å²) in [5.74, 6) is -0.656. The number of benzene rings is 1. The van der Waals surface area contributed by atoms with Gasteiger partial charge in [-0.05, 0) is 48.9 Å². The lowest BCUT2D eigenvalue weighted by molar-refractivity contribution is 0.0661. The summed E-state index contributed by atoms with van der Waals surface area (Å²) >= 11 is 0. The Hall–Kier alpha value is -2.10. The lowest BCUT2D eigenvalue weighted by Gasteiger charge is -2.01. The summed E-state index contributed by atoms with van der Waals surface area (Å²) in [6.07, 6.45) is 4.86. The molecule has 0 atom stereocenters. The molecule has 1 aliphatic rings. The number of aromatic nitrogens is 1. The Labute approximate surface area is 117 Å². The van der Waals surface area contributed by atoms with Crippen LogP contribution in [0.15, 0.2) is 22.6 Å². The van der Waals surface area contributed by atoms with Crippen LogP contribution in [0.5, 0.6) is 0 Å². The molecule has 1 N–H and O–H groups in total. The van der Waals surface area contributed by atoms with Gasteiger partial charge in [0.2, 0.25) is 11.7 Å². The number of hydrogen-bond donors (Lipinski definition) is 1. The highest BCUT2D eigenvalue weighted by Crippen LogP contribution is 2.29. The molecule has 4 heteroatoms. The zero-order valence-corrected chi connectivity index (χ0v) is 11.5. The summed E-state index contributed by atoms with van der Waals surface area (Å²) < 4.78 is 5.46. The van der Waals surface area contributed by atoms with E-state index in [1.165, 1.54) is 17.5 Å². The van der Waals surface area contributed by atoms with Crippen molar-refractivity contribution >= 4 is 5.97 Å². The molecule has 0 radical (unpaired) electrons. The molecule has 2 aromatic rings. The first kappa shape index (κ1) is 12.9. The highest BCUT2D eigenvalue weighted by molar-refractivity contribution is 5.86. The highest BCUT2D eigenvalue weighted by atomic mass is 16.4. The highest BCUT2D eigenvalue weighted by Gasteiger charge is 2.20. The standard InChI is InChI=1S/C16H17NO3/c1-2-4-13-14(16(18)19)20-15(17-13)12-8-7-10-5-3-6-11(10)9-12/h7-9H,2-6H2,1H3,(H,18,19). The number of fused-ring (bicyclic) bond motifs is 1. The Kier molecular flexibility index (Phi) is 3.30. The second kappa shape index (κ2) is 5.12. The van der Waals surface area contributed by atoms with E-state index in [0.717, 1.165) is 24.8 Å². The van der Waals surface area contributed by atoms with Crippen LogP contribution in [0.2, 0.25) is 0 Å². The average molecular weight is 271 g/mol.